The highest BCUT2D eigenvalue weighted by Crippen LogP contribution is 2.16. The Morgan fingerprint density at radius 2 is 2.07 bits per heavy atom. The molecule has 0 bridgehead atoms. The van der Waals surface area contributed by atoms with Gasteiger partial charge in [-0.2, -0.15) is 0 Å². The Morgan fingerprint density at radius 1 is 1.43 bits per heavy atom. The van der Waals surface area contributed by atoms with Crippen LogP contribution in [0.4, 0.5) is 0 Å². The fourth-order valence-corrected chi connectivity index (χ4v) is 0.907. The maximum absolute atomic E-state index is 9.40. The van der Waals surface area contributed by atoms with Crippen LogP contribution in [0.2, 0.25) is 0 Å². The quantitative estimate of drug-likeness (QED) is 0.502. The third-order valence-electron chi connectivity index (χ3n) is 1.57. The molecule has 0 aromatic heterocycles. The first kappa shape index (κ1) is 12.6. The molecule has 0 aromatic carbocycles. The molecule has 0 saturated heterocycles. The molecule has 0 radical (unpaired) electrons. The molecule has 0 atom stereocenters. The lowest BCUT2D eigenvalue weighted by Crippen LogP contribution is -2.02. The Labute approximate surface area is 84.3 Å². The third-order valence-corrected chi connectivity index (χ3v) is 1.57. The molecule has 0 aromatic rings. The smallest absolute Gasteiger partial charge is 0.202 e. The van der Waals surface area contributed by atoms with Crippen molar-refractivity contribution < 1.29 is 14.6 Å². The van der Waals surface area contributed by atoms with E-state index >= 15 is 0 Å². The number of nitrogens with two attached hydrogens (primary N) is 1. The van der Waals surface area contributed by atoms with Crippen LogP contribution in [0.1, 0.15) is 6.42 Å². The number of allylic oxidation sites excluding steroid dienone is 1. The van der Waals surface area contributed by atoms with Crippen molar-refractivity contribution in [2.45, 2.75) is 6.42 Å². The Kier molecular flexibility index (Phi) is 6.32. The van der Waals surface area contributed by atoms with Crippen molar-refractivity contribution in [2.24, 2.45) is 5.73 Å². The summed E-state index contributed by atoms with van der Waals surface area (Å²) in [6.45, 7) is 3.94. The lowest BCUT2D eigenvalue weighted by atomic mass is 10.2. The highest BCUT2D eigenvalue weighted by atomic mass is 16.5. The zero-order valence-electron chi connectivity index (χ0n) is 8.62. The number of methoxy groups -OCH3 is 2. The van der Waals surface area contributed by atoms with Gasteiger partial charge < -0.3 is 20.3 Å². The van der Waals surface area contributed by atoms with Gasteiger partial charge in [-0.3, -0.25) is 0 Å². The van der Waals surface area contributed by atoms with Crippen molar-refractivity contribution in [3.8, 4) is 0 Å². The molecule has 0 rings (SSSR count). The van der Waals surface area contributed by atoms with E-state index in [0.29, 0.717) is 18.7 Å². The second kappa shape index (κ2) is 7.03. The van der Waals surface area contributed by atoms with E-state index in [0.717, 1.165) is 0 Å². The summed E-state index contributed by atoms with van der Waals surface area (Å²) >= 11 is 0. The van der Waals surface area contributed by atoms with E-state index in [-0.39, 0.29) is 11.5 Å². The molecule has 0 aliphatic rings. The first-order valence-electron chi connectivity index (χ1n) is 4.25. The van der Waals surface area contributed by atoms with Gasteiger partial charge in [-0.25, -0.2) is 0 Å². The van der Waals surface area contributed by atoms with Crippen molar-refractivity contribution >= 4 is 0 Å². The van der Waals surface area contributed by atoms with Crippen molar-refractivity contribution in [3.05, 3.63) is 36.0 Å². The van der Waals surface area contributed by atoms with E-state index in [1.165, 1.54) is 20.3 Å². The van der Waals surface area contributed by atoms with Crippen LogP contribution < -0.4 is 5.73 Å². The molecule has 0 heterocycles. The molecule has 3 N–H and O–H groups in total. The number of aliphatic hydroxyl groups is 1. The predicted molar refractivity (Wildman–Crippen MR) is 55.6 cm³/mol. The SMILES string of the molecule is C=C/C(O)=C(OC)\C(=C/CCN)OC. The molecule has 0 saturated carbocycles. The van der Waals surface area contributed by atoms with Crippen LogP contribution in [-0.4, -0.2) is 25.9 Å². The highest BCUT2D eigenvalue weighted by molar-refractivity contribution is 5.27. The van der Waals surface area contributed by atoms with Crippen LogP contribution in [0.25, 0.3) is 0 Å². The van der Waals surface area contributed by atoms with Gasteiger partial charge in [0.05, 0.1) is 14.2 Å². The number of hydrogen-bond acceptors (Lipinski definition) is 4. The van der Waals surface area contributed by atoms with Gasteiger partial charge in [0.25, 0.3) is 0 Å². The van der Waals surface area contributed by atoms with Gasteiger partial charge in [0.15, 0.2) is 11.5 Å². The van der Waals surface area contributed by atoms with Gasteiger partial charge in [-0.05, 0) is 25.1 Å². The minimum Gasteiger partial charge on any atom is -0.504 e. The molecule has 0 spiro atoms. The van der Waals surface area contributed by atoms with E-state index in [1.54, 1.807) is 6.08 Å². The summed E-state index contributed by atoms with van der Waals surface area (Å²) in [6.07, 6.45) is 3.69. The molecule has 14 heavy (non-hydrogen) atoms. The molecule has 80 valence electrons. The zero-order chi connectivity index (χ0) is 11.0. The summed E-state index contributed by atoms with van der Waals surface area (Å²) in [4.78, 5) is 0. The zero-order valence-corrected chi connectivity index (χ0v) is 8.62. The van der Waals surface area contributed by atoms with Crippen LogP contribution in [0, 0.1) is 0 Å². The average Bonchev–Trinajstić information content (AvgIpc) is 2.23. The van der Waals surface area contributed by atoms with E-state index in [2.05, 4.69) is 6.58 Å². The predicted octanol–water partition coefficient (Wildman–Crippen LogP) is 1.47. The number of aliphatic hydroxyl groups excluding tert-OH is 1. The minimum absolute atomic E-state index is 0.0578. The van der Waals surface area contributed by atoms with Crippen LogP contribution >= 0.6 is 0 Å². The maximum Gasteiger partial charge on any atom is 0.202 e. The number of hydrogen-bond donors (Lipinski definition) is 2. The van der Waals surface area contributed by atoms with Gasteiger partial charge in [-0.1, -0.05) is 6.58 Å². The largest absolute Gasteiger partial charge is 0.504 e. The average molecular weight is 199 g/mol. The first-order chi connectivity index (χ1) is 6.71. The van der Waals surface area contributed by atoms with Gasteiger partial charge in [0, 0.05) is 0 Å². The van der Waals surface area contributed by atoms with E-state index in [4.69, 9.17) is 15.2 Å². The minimum atomic E-state index is -0.0578. The van der Waals surface area contributed by atoms with Crippen molar-refractivity contribution in [1.82, 2.24) is 0 Å². The Morgan fingerprint density at radius 3 is 2.43 bits per heavy atom. The van der Waals surface area contributed by atoms with Crippen LogP contribution in [0.15, 0.2) is 36.0 Å². The highest BCUT2D eigenvalue weighted by Gasteiger charge is 2.09. The molecule has 0 fully saturated rings. The van der Waals surface area contributed by atoms with Gasteiger partial charge in [-0.15, -0.1) is 0 Å². The lowest BCUT2D eigenvalue weighted by molar-refractivity contribution is 0.202. The lowest BCUT2D eigenvalue weighted by Gasteiger charge is -2.10. The van der Waals surface area contributed by atoms with Crippen molar-refractivity contribution in [1.29, 1.82) is 0 Å². The van der Waals surface area contributed by atoms with Crippen molar-refractivity contribution in [2.75, 3.05) is 20.8 Å². The summed E-state index contributed by atoms with van der Waals surface area (Å²) in [5.74, 6) is 0.656. The van der Waals surface area contributed by atoms with Gasteiger partial charge in [0.1, 0.15) is 0 Å². The number of ether oxygens (including phenoxy) is 2. The Balaban J connectivity index is 4.88. The maximum atomic E-state index is 9.40. The molecular formula is C10H17NO3. The summed E-state index contributed by atoms with van der Waals surface area (Å²) in [5, 5.41) is 9.40. The second-order valence-corrected chi connectivity index (χ2v) is 2.47. The molecular weight excluding hydrogens is 182 g/mol. The molecule has 0 amide bonds. The van der Waals surface area contributed by atoms with Gasteiger partial charge in [0.2, 0.25) is 5.76 Å². The van der Waals surface area contributed by atoms with Crippen LogP contribution in [-0.2, 0) is 9.47 Å². The van der Waals surface area contributed by atoms with Crippen LogP contribution in [0.5, 0.6) is 0 Å². The summed E-state index contributed by atoms with van der Waals surface area (Å²) in [6, 6.07) is 0. The second-order valence-electron chi connectivity index (χ2n) is 2.47. The third kappa shape index (κ3) is 3.53. The van der Waals surface area contributed by atoms with E-state index in [9.17, 15) is 5.11 Å². The summed E-state index contributed by atoms with van der Waals surface area (Å²) < 4.78 is 10.0. The molecule has 4 heteroatoms. The summed E-state index contributed by atoms with van der Waals surface area (Å²) in [5.41, 5.74) is 5.34. The van der Waals surface area contributed by atoms with Gasteiger partial charge >= 0.3 is 0 Å². The summed E-state index contributed by atoms with van der Waals surface area (Å²) in [7, 11) is 2.95. The normalized spacial score (nSPS) is 13.2. The molecule has 0 unspecified atom stereocenters. The molecule has 0 aliphatic carbocycles. The topological polar surface area (TPSA) is 64.7 Å². The van der Waals surface area contributed by atoms with E-state index in [1.807, 2.05) is 0 Å². The number of rotatable bonds is 6. The van der Waals surface area contributed by atoms with E-state index < -0.39 is 0 Å². The Hall–Kier alpha value is -1.42. The molecule has 4 nitrogen and oxygen atoms in total. The fourth-order valence-electron chi connectivity index (χ4n) is 0.907. The Bertz CT molecular complexity index is 244. The standard InChI is InChI=1S/C10H17NO3/c1-4-8(12)10(14-3)9(13-2)6-5-7-11/h4,6,12H,1,5,7,11H2,2-3H3/b9-6+,10-8-. The first-order valence-corrected chi connectivity index (χ1v) is 4.25. The van der Waals surface area contributed by atoms with Crippen molar-refractivity contribution in [3.63, 3.8) is 0 Å². The monoisotopic (exact) mass is 199 g/mol. The fraction of sp³-hybridized carbons (Fsp3) is 0.400. The molecule has 0 aliphatic heterocycles. The van der Waals surface area contributed by atoms with Crippen LogP contribution in [0.3, 0.4) is 0 Å².